The number of rotatable bonds is 5. The minimum absolute atomic E-state index is 0.574. The van der Waals surface area contributed by atoms with Crippen molar-refractivity contribution in [1.82, 2.24) is 19.7 Å². The van der Waals surface area contributed by atoms with Crippen molar-refractivity contribution in [3.05, 3.63) is 59.9 Å². The molecule has 0 amide bonds. The molecule has 0 unspecified atom stereocenters. The molecule has 1 aromatic carbocycles. The van der Waals surface area contributed by atoms with Gasteiger partial charge in [-0.25, -0.2) is 4.98 Å². The standard InChI is InChI=1S/C17H14N4OS2/c1-21-13(12-6-3-2-4-7-12)10-18-17(21)24-11-15-19-16(22-20-15)14-8-5-9-23-14/h2-10H,11H2,1H3. The molecule has 0 spiro atoms. The summed E-state index contributed by atoms with van der Waals surface area (Å²) in [4.78, 5) is 9.93. The van der Waals surface area contributed by atoms with Crippen LogP contribution in [-0.4, -0.2) is 19.7 Å². The van der Waals surface area contributed by atoms with Crippen LogP contribution in [-0.2, 0) is 12.8 Å². The Kier molecular flexibility index (Phi) is 4.18. The first-order valence-corrected chi connectivity index (χ1v) is 9.24. The highest BCUT2D eigenvalue weighted by Crippen LogP contribution is 2.27. The summed E-state index contributed by atoms with van der Waals surface area (Å²) in [6.45, 7) is 0. The average molecular weight is 354 g/mol. The maximum atomic E-state index is 5.31. The Morgan fingerprint density at radius 1 is 1.17 bits per heavy atom. The smallest absolute Gasteiger partial charge is 0.268 e. The predicted molar refractivity (Wildman–Crippen MR) is 95.8 cm³/mol. The van der Waals surface area contributed by atoms with Crippen LogP contribution in [0.25, 0.3) is 22.0 Å². The molecule has 0 aliphatic rings. The topological polar surface area (TPSA) is 56.7 Å². The Bertz CT molecular complexity index is 929. The fourth-order valence-corrected chi connectivity index (χ4v) is 3.79. The first kappa shape index (κ1) is 15.2. The Hall–Kier alpha value is -2.38. The first-order valence-electron chi connectivity index (χ1n) is 7.37. The third-order valence-electron chi connectivity index (χ3n) is 3.55. The van der Waals surface area contributed by atoms with Gasteiger partial charge in [0.1, 0.15) is 0 Å². The van der Waals surface area contributed by atoms with Crippen molar-refractivity contribution in [2.75, 3.05) is 0 Å². The van der Waals surface area contributed by atoms with Gasteiger partial charge in [-0.1, -0.05) is 53.3 Å². The maximum absolute atomic E-state index is 5.31. The zero-order valence-electron chi connectivity index (χ0n) is 12.9. The Morgan fingerprint density at radius 2 is 2.04 bits per heavy atom. The molecule has 0 aliphatic heterocycles. The van der Waals surface area contributed by atoms with Crippen LogP contribution in [0, 0.1) is 0 Å². The van der Waals surface area contributed by atoms with Gasteiger partial charge in [0.25, 0.3) is 5.89 Å². The summed E-state index contributed by atoms with van der Waals surface area (Å²) in [6, 6.07) is 14.2. The molecule has 0 saturated heterocycles. The summed E-state index contributed by atoms with van der Waals surface area (Å²) in [5.74, 6) is 1.87. The lowest BCUT2D eigenvalue weighted by molar-refractivity contribution is 0.426. The maximum Gasteiger partial charge on any atom is 0.268 e. The first-order chi connectivity index (χ1) is 11.8. The van der Waals surface area contributed by atoms with E-state index in [9.17, 15) is 0 Å². The molecular weight excluding hydrogens is 340 g/mol. The molecule has 3 aromatic heterocycles. The van der Waals surface area contributed by atoms with Gasteiger partial charge in [-0.15, -0.1) is 11.3 Å². The monoisotopic (exact) mass is 354 g/mol. The van der Waals surface area contributed by atoms with E-state index in [4.69, 9.17) is 4.52 Å². The second-order valence-corrected chi connectivity index (χ2v) is 7.02. The molecule has 0 aliphatic carbocycles. The molecule has 0 bridgehead atoms. The van der Waals surface area contributed by atoms with Crippen molar-refractivity contribution in [3.8, 4) is 22.0 Å². The third kappa shape index (κ3) is 3.00. The number of hydrogen-bond acceptors (Lipinski definition) is 6. The summed E-state index contributed by atoms with van der Waals surface area (Å²) < 4.78 is 7.39. The predicted octanol–water partition coefficient (Wildman–Crippen LogP) is 4.49. The summed E-state index contributed by atoms with van der Waals surface area (Å²) in [6.07, 6.45) is 1.89. The molecule has 0 N–H and O–H groups in total. The van der Waals surface area contributed by atoms with Crippen LogP contribution in [0.4, 0.5) is 0 Å². The molecular formula is C17H14N4OS2. The van der Waals surface area contributed by atoms with Crippen LogP contribution in [0.1, 0.15) is 5.82 Å². The van der Waals surface area contributed by atoms with Crippen LogP contribution in [0.15, 0.2) is 63.7 Å². The lowest BCUT2D eigenvalue weighted by Crippen LogP contribution is -1.95. The lowest BCUT2D eigenvalue weighted by Gasteiger charge is -2.04. The Labute approximate surface area is 147 Å². The quantitative estimate of drug-likeness (QED) is 0.494. The highest BCUT2D eigenvalue weighted by Gasteiger charge is 2.13. The van der Waals surface area contributed by atoms with E-state index in [1.807, 2.05) is 49.0 Å². The largest absolute Gasteiger partial charge is 0.333 e. The lowest BCUT2D eigenvalue weighted by atomic mass is 10.2. The van der Waals surface area contributed by atoms with Gasteiger partial charge in [0.15, 0.2) is 11.0 Å². The molecule has 4 aromatic rings. The summed E-state index contributed by atoms with van der Waals surface area (Å²) in [5.41, 5.74) is 2.24. The van der Waals surface area contributed by atoms with E-state index in [0.29, 0.717) is 17.5 Å². The second-order valence-electron chi connectivity index (χ2n) is 5.13. The highest BCUT2D eigenvalue weighted by atomic mass is 32.2. The van der Waals surface area contributed by atoms with E-state index < -0.39 is 0 Å². The van der Waals surface area contributed by atoms with Crippen molar-refractivity contribution in [2.24, 2.45) is 7.05 Å². The van der Waals surface area contributed by atoms with Gasteiger partial charge in [-0.05, 0) is 17.0 Å². The second kappa shape index (κ2) is 6.62. The molecule has 0 fully saturated rings. The van der Waals surface area contributed by atoms with Crippen molar-refractivity contribution in [2.45, 2.75) is 10.9 Å². The van der Waals surface area contributed by atoms with Gasteiger partial charge < -0.3 is 9.09 Å². The molecule has 0 atom stereocenters. The number of thiophene rings is 1. The highest BCUT2D eigenvalue weighted by molar-refractivity contribution is 7.98. The fraction of sp³-hybridized carbons (Fsp3) is 0.118. The zero-order chi connectivity index (χ0) is 16.4. The van der Waals surface area contributed by atoms with Crippen LogP contribution in [0.2, 0.25) is 0 Å². The number of nitrogens with zero attached hydrogens (tertiary/aromatic N) is 4. The van der Waals surface area contributed by atoms with E-state index in [2.05, 4.69) is 31.8 Å². The number of hydrogen-bond donors (Lipinski definition) is 0. The van der Waals surface area contributed by atoms with Crippen LogP contribution in [0.5, 0.6) is 0 Å². The molecule has 24 heavy (non-hydrogen) atoms. The molecule has 7 heteroatoms. The number of benzene rings is 1. The Balaban J connectivity index is 1.48. The zero-order valence-corrected chi connectivity index (χ0v) is 14.5. The van der Waals surface area contributed by atoms with Crippen molar-refractivity contribution in [3.63, 3.8) is 0 Å². The average Bonchev–Trinajstić information content (AvgIpc) is 3.35. The Morgan fingerprint density at radius 3 is 2.83 bits per heavy atom. The van der Waals surface area contributed by atoms with Crippen LogP contribution < -0.4 is 0 Å². The normalized spacial score (nSPS) is 11.0. The van der Waals surface area contributed by atoms with E-state index in [1.54, 1.807) is 23.1 Å². The van der Waals surface area contributed by atoms with Crippen molar-refractivity contribution in [1.29, 1.82) is 0 Å². The van der Waals surface area contributed by atoms with Crippen LogP contribution >= 0.6 is 23.1 Å². The number of thioether (sulfide) groups is 1. The van der Waals surface area contributed by atoms with Gasteiger partial charge in [0.2, 0.25) is 0 Å². The van der Waals surface area contributed by atoms with E-state index >= 15 is 0 Å². The molecule has 0 saturated carbocycles. The van der Waals surface area contributed by atoms with E-state index in [1.165, 1.54) is 0 Å². The van der Waals surface area contributed by atoms with Gasteiger partial charge in [0, 0.05) is 7.05 Å². The third-order valence-corrected chi connectivity index (χ3v) is 5.44. The van der Waals surface area contributed by atoms with E-state index in [-0.39, 0.29) is 0 Å². The molecule has 4 rings (SSSR count). The molecule has 0 radical (unpaired) electrons. The minimum atomic E-state index is 0.574. The van der Waals surface area contributed by atoms with Gasteiger partial charge in [-0.3, -0.25) is 0 Å². The fourth-order valence-electron chi connectivity index (χ4n) is 2.35. The minimum Gasteiger partial charge on any atom is -0.333 e. The summed E-state index contributed by atoms with van der Waals surface area (Å²) in [7, 11) is 2.02. The van der Waals surface area contributed by atoms with Crippen molar-refractivity contribution >= 4 is 23.1 Å². The molecule has 5 nitrogen and oxygen atoms in total. The van der Waals surface area contributed by atoms with Crippen molar-refractivity contribution < 1.29 is 4.52 Å². The van der Waals surface area contributed by atoms with Crippen LogP contribution in [0.3, 0.4) is 0 Å². The number of aromatic nitrogens is 4. The van der Waals surface area contributed by atoms with Gasteiger partial charge in [0.05, 0.1) is 22.5 Å². The van der Waals surface area contributed by atoms with E-state index in [0.717, 1.165) is 21.3 Å². The number of imidazole rings is 1. The van der Waals surface area contributed by atoms with Gasteiger partial charge >= 0.3 is 0 Å². The molecule has 120 valence electrons. The molecule has 3 heterocycles. The summed E-state index contributed by atoms with van der Waals surface area (Å²) >= 11 is 3.18. The summed E-state index contributed by atoms with van der Waals surface area (Å²) in [5, 5.41) is 6.96. The SMILES string of the molecule is Cn1c(-c2ccccc2)cnc1SCc1noc(-c2cccs2)n1. The van der Waals surface area contributed by atoms with Gasteiger partial charge in [-0.2, -0.15) is 4.98 Å².